The molecule has 0 saturated carbocycles. The molecule has 4 N–H and O–H groups in total. The molecule has 0 aliphatic carbocycles. The number of carbonyl (C=O) groups excluding carboxylic acids is 1. The molecule has 0 aliphatic rings. The van der Waals surface area contributed by atoms with Crippen molar-refractivity contribution in [3.8, 4) is 0 Å². The summed E-state index contributed by atoms with van der Waals surface area (Å²) in [7, 11) is 0. The van der Waals surface area contributed by atoms with Crippen LogP contribution in [0.4, 0.5) is 0 Å². The summed E-state index contributed by atoms with van der Waals surface area (Å²) in [5.74, 6) is 0.449. The van der Waals surface area contributed by atoms with Gasteiger partial charge in [0.25, 0.3) is 6.47 Å². The van der Waals surface area contributed by atoms with Crippen LogP contribution in [-0.4, -0.2) is 79.8 Å². The predicted molar refractivity (Wildman–Crippen MR) is 216 cm³/mol. The largest absolute Gasteiger partial charge is 0.678 e. The Balaban J connectivity index is -0.000000358. The zero-order valence-corrected chi connectivity index (χ0v) is 38.4. The quantitative estimate of drug-likeness (QED) is 0.0247. The van der Waals surface area contributed by atoms with Gasteiger partial charge in [-0.1, -0.05) is 176 Å². The fourth-order valence-electron chi connectivity index (χ4n) is 4.91. The number of unbranched alkanes of at least 4 members (excludes halogenated alkanes) is 22. The van der Waals surface area contributed by atoms with Gasteiger partial charge in [-0.15, -0.1) is 0 Å². The third kappa shape index (κ3) is 71.3. The van der Waals surface area contributed by atoms with E-state index in [1.165, 1.54) is 141 Å². The summed E-state index contributed by atoms with van der Waals surface area (Å²) in [6.45, 7) is 17.0. The second kappa shape index (κ2) is 55.2. The van der Waals surface area contributed by atoms with E-state index in [-0.39, 0.29) is 40.4 Å². The second-order valence-electron chi connectivity index (χ2n) is 14.8. The minimum atomic E-state index is -0.903. The fourth-order valence-corrected chi connectivity index (χ4v) is 4.91. The van der Waals surface area contributed by atoms with Gasteiger partial charge in [0.15, 0.2) is 0 Å². The molecule has 0 spiro atoms. The number of aliphatic hydroxyl groups is 2. The Labute approximate surface area is 337 Å². The van der Waals surface area contributed by atoms with Crippen LogP contribution in [0.15, 0.2) is 0 Å². The first kappa shape index (κ1) is 61.1. The number of nitrogens with one attached hydrogen (secondary N) is 1. The molecule has 318 valence electrons. The molecule has 52 heavy (non-hydrogen) atoms. The maximum absolute atomic E-state index is 9.49. The Morgan fingerprint density at radius 3 is 1.21 bits per heavy atom. The maximum Gasteiger partial charge on any atom is 0.293 e. The van der Waals surface area contributed by atoms with Crippen LogP contribution >= 0.6 is 0 Å². The van der Waals surface area contributed by atoms with E-state index in [1.807, 2.05) is 13.8 Å². The van der Waals surface area contributed by atoms with Crippen molar-refractivity contribution in [2.75, 3.05) is 46.2 Å². The molecule has 0 rings (SSSR count). The number of hydrogen-bond donors (Lipinski definition) is 3. The van der Waals surface area contributed by atoms with Gasteiger partial charge >= 0.3 is 0 Å². The van der Waals surface area contributed by atoms with E-state index in [2.05, 4.69) is 23.5 Å². The van der Waals surface area contributed by atoms with Crippen LogP contribution in [0.2, 0.25) is 0 Å². The molecule has 0 aromatic carbocycles. The number of aliphatic hydroxyl groups excluding tert-OH is 1. The van der Waals surface area contributed by atoms with Crippen molar-refractivity contribution in [2.24, 2.45) is 5.92 Å². The van der Waals surface area contributed by atoms with E-state index >= 15 is 0 Å². The maximum atomic E-state index is 9.49. The van der Waals surface area contributed by atoms with Gasteiger partial charge in [-0.05, 0) is 32.6 Å². The zero-order chi connectivity index (χ0) is 39.1. The van der Waals surface area contributed by atoms with Crippen LogP contribution in [0.3, 0.4) is 0 Å². The molecular formula is C42H90NO8W-. The molecule has 0 aromatic rings. The van der Waals surface area contributed by atoms with Gasteiger partial charge in [0.05, 0.1) is 25.4 Å². The van der Waals surface area contributed by atoms with E-state index in [4.69, 9.17) is 30.7 Å². The van der Waals surface area contributed by atoms with Gasteiger partial charge in [0, 0.05) is 34.3 Å². The Hall–Kier alpha value is -0.122. The number of ether oxygens (including phenoxy) is 3. The Kier molecular flexibility index (Phi) is 64.9. The first-order chi connectivity index (χ1) is 24.6. The summed E-state index contributed by atoms with van der Waals surface area (Å²) in [6.07, 6.45) is 32.2. The van der Waals surface area contributed by atoms with Crippen LogP contribution < -0.4 is 0 Å². The molecule has 10 heteroatoms. The predicted octanol–water partition coefficient (Wildman–Crippen LogP) is 11.9. The van der Waals surface area contributed by atoms with Crippen LogP contribution in [0.5, 0.6) is 0 Å². The SMILES string of the molecule is CC(C)(O)CO.CC(C)COC=O.CCCCCCCCCCCCCCOCC(COO)OCCCCCCCCCCCCCC.CC[NH-].[W]. The number of hydrogen-bond acceptors (Lipinski definition) is 8. The van der Waals surface area contributed by atoms with Gasteiger partial charge in [-0.2, -0.15) is 6.54 Å². The topological polar surface area (TPSA) is 138 Å². The van der Waals surface area contributed by atoms with E-state index in [0.717, 1.165) is 26.1 Å². The minimum absolute atomic E-state index is 0. The molecule has 1 unspecified atom stereocenters. The molecule has 0 saturated heterocycles. The van der Waals surface area contributed by atoms with Crippen LogP contribution in [-0.2, 0) is 45.0 Å². The number of carbonyl (C=O) groups is 1. The van der Waals surface area contributed by atoms with Crippen molar-refractivity contribution in [1.29, 1.82) is 0 Å². The first-order valence-electron chi connectivity index (χ1n) is 21.1. The summed E-state index contributed by atoms with van der Waals surface area (Å²) in [6, 6.07) is 0. The average molecular weight is 921 g/mol. The van der Waals surface area contributed by atoms with E-state index < -0.39 is 5.60 Å². The van der Waals surface area contributed by atoms with Crippen molar-refractivity contribution >= 4 is 6.47 Å². The van der Waals surface area contributed by atoms with Crippen molar-refractivity contribution < 1.29 is 60.4 Å². The van der Waals surface area contributed by atoms with Gasteiger partial charge in [-0.3, -0.25) is 10.1 Å². The summed E-state index contributed by atoms with van der Waals surface area (Å²) in [5, 5.41) is 25.5. The zero-order valence-electron chi connectivity index (χ0n) is 35.4. The first-order valence-corrected chi connectivity index (χ1v) is 21.1. The molecule has 0 aliphatic heterocycles. The van der Waals surface area contributed by atoms with Crippen molar-refractivity contribution in [1.82, 2.24) is 0 Å². The average Bonchev–Trinajstić information content (AvgIpc) is 3.10. The van der Waals surface area contributed by atoms with Crippen LogP contribution in [0.25, 0.3) is 5.73 Å². The second-order valence-corrected chi connectivity index (χ2v) is 14.8. The third-order valence-electron chi connectivity index (χ3n) is 7.94. The summed E-state index contributed by atoms with van der Waals surface area (Å²) >= 11 is 0. The molecular weight excluding hydrogens is 830 g/mol. The standard InChI is InChI=1S/C31H64O4.C5H10O2.C4H10O2.C2H6N.W/c1-3-5-7-9-11-13-15-17-19-21-23-25-27-33-29-31(30-35-32)34-28-26-24-22-20-18-16-14-12-10-8-6-4-2;1-5(2)3-7-4-6;1-4(2,6)3-5;1-2-3;/h31-32H,3-30H2,1-2H3;4-5H,3H2,1-2H3;5-6H,3H2,1-2H3;3H,2H2,1H3;/q;;;-1;. The summed E-state index contributed by atoms with van der Waals surface area (Å²) in [4.78, 5) is 13.8. The number of rotatable bonds is 35. The molecule has 1 atom stereocenters. The van der Waals surface area contributed by atoms with Crippen LogP contribution in [0, 0.1) is 5.92 Å². The summed E-state index contributed by atoms with van der Waals surface area (Å²) in [5.41, 5.74) is 5.31. The molecule has 0 amide bonds. The normalized spacial score (nSPS) is 11.3. The Morgan fingerprint density at radius 1 is 0.615 bits per heavy atom. The molecule has 0 bridgehead atoms. The third-order valence-corrected chi connectivity index (χ3v) is 7.94. The van der Waals surface area contributed by atoms with Gasteiger partial charge in [-0.25, -0.2) is 4.89 Å². The van der Waals surface area contributed by atoms with E-state index in [9.17, 15) is 4.79 Å². The van der Waals surface area contributed by atoms with Gasteiger partial charge in [0.2, 0.25) is 0 Å². The van der Waals surface area contributed by atoms with E-state index in [0.29, 0.717) is 32.1 Å². The molecule has 0 fully saturated rings. The molecule has 0 radical (unpaired) electrons. The Bertz CT molecular complexity index is 597. The smallest absolute Gasteiger partial charge is 0.293 e. The monoisotopic (exact) mass is 921 g/mol. The van der Waals surface area contributed by atoms with Crippen molar-refractivity contribution in [3.05, 3.63) is 5.73 Å². The van der Waals surface area contributed by atoms with Crippen LogP contribution in [0.1, 0.15) is 203 Å². The summed E-state index contributed by atoms with van der Waals surface area (Å²) < 4.78 is 16.1. The molecule has 0 heterocycles. The van der Waals surface area contributed by atoms with Crippen molar-refractivity contribution in [3.63, 3.8) is 0 Å². The Morgan fingerprint density at radius 2 is 0.942 bits per heavy atom. The van der Waals surface area contributed by atoms with Gasteiger partial charge < -0.3 is 30.2 Å². The fraction of sp³-hybridized carbons (Fsp3) is 0.976. The van der Waals surface area contributed by atoms with Crippen molar-refractivity contribution in [2.45, 2.75) is 214 Å². The molecule has 0 aromatic heterocycles. The minimum Gasteiger partial charge on any atom is -0.678 e. The van der Waals surface area contributed by atoms with Gasteiger partial charge in [0.1, 0.15) is 12.7 Å². The van der Waals surface area contributed by atoms with E-state index in [1.54, 1.807) is 20.8 Å². The molecule has 9 nitrogen and oxygen atoms in total.